The molecular weight excluding hydrogens is 365 g/mol. The second-order valence-electron chi connectivity index (χ2n) is 5.58. The van der Waals surface area contributed by atoms with Gasteiger partial charge in [-0.05, 0) is 36.4 Å². The van der Waals surface area contributed by atoms with Gasteiger partial charge in [0.2, 0.25) is 0 Å². The van der Waals surface area contributed by atoms with Crippen LogP contribution in [0.25, 0.3) is 33.7 Å². The minimum atomic E-state index is -4.42. The van der Waals surface area contributed by atoms with E-state index in [1.54, 1.807) is 30.7 Å². The largest absolute Gasteiger partial charge is 0.416 e. The van der Waals surface area contributed by atoms with E-state index < -0.39 is 11.7 Å². The zero-order valence-electron chi connectivity index (χ0n) is 13.0. The third kappa shape index (κ3) is 2.90. The van der Waals surface area contributed by atoms with Gasteiger partial charge in [0.1, 0.15) is 5.82 Å². The van der Waals surface area contributed by atoms with Crippen LogP contribution in [0.4, 0.5) is 13.2 Å². The molecule has 0 fully saturated rings. The molecular formula is C18H10ClF3N4. The molecule has 3 aromatic heterocycles. The van der Waals surface area contributed by atoms with Gasteiger partial charge in [-0.3, -0.25) is 9.97 Å². The first kappa shape index (κ1) is 16.5. The predicted octanol–water partition coefficient (Wildman–Crippen LogP) is 5.36. The fraction of sp³-hybridized carbons (Fsp3) is 0.0556. The van der Waals surface area contributed by atoms with E-state index in [1.165, 1.54) is 6.07 Å². The van der Waals surface area contributed by atoms with E-state index in [1.807, 2.05) is 6.07 Å². The van der Waals surface area contributed by atoms with E-state index in [0.29, 0.717) is 27.6 Å². The van der Waals surface area contributed by atoms with Crippen LogP contribution < -0.4 is 0 Å². The molecule has 0 amide bonds. The van der Waals surface area contributed by atoms with Gasteiger partial charge in [-0.1, -0.05) is 11.6 Å². The van der Waals surface area contributed by atoms with Crippen molar-refractivity contribution in [2.24, 2.45) is 0 Å². The molecule has 1 N–H and O–H groups in total. The molecule has 0 saturated heterocycles. The van der Waals surface area contributed by atoms with Crippen molar-refractivity contribution in [2.75, 3.05) is 0 Å². The molecule has 0 spiro atoms. The second-order valence-corrected chi connectivity index (χ2v) is 5.96. The number of aromatic nitrogens is 4. The van der Waals surface area contributed by atoms with Gasteiger partial charge < -0.3 is 4.98 Å². The molecule has 3 heterocycles. The first-order chi connectivity index (χ1) is 12.4. The Hall–Kier alpha value is -2.93. The molecule has 26 heavy (non-hydrogen) atoms. The summed E-state index contributed by atoms with van der Waals surface area (Å²) in [6.07, 6.45) is 0.421. The lowest BCUT2D eigenvalue weighted by Crippen LogP contribution is -2.04. The summed E-state index contributed by atoms with van der Waals surface area (Å²) in [4.78, 5) is 15.6. The van der Waals surface area contributed by atoms with E-state index in [2.05, 4.69) is 19.9 Å². The van der Waals surface area contributed by atoms with Crippen molar-refractivity contribution in [3.8, 4) is 22.6 Å². The van der Waals surface area contributed by atoms with Gasteiger partial charge in [0, 0.05) is 29.7 Å². The van der Waals surface area contributed by atoms with Crippen molar-refractivity contribution in [3.05, 3.63) is 65.6 Å². The highest BCUT2D eigenvalue weighted by molar-refractivity contribution is 6.35. The predicted molar refractivity (Wildman–Crippen MR) is 92.6 cm³/mol. The molecule has 4 rings (SSSR count). The number of aromatic amines is 1. The number of benzene rings is 1. The summed E-state index contributed by atoms with van der Waals surface area (Å²) in [6.45, 7) is 0. The van der Waals surface area contributed by atoms with Gasteiger partial charge in [0.15, 0.2) is 0 Å². The Balaban J connectivity index is 1.83. The zero-order valence-corrected chi connectivity index (χ0v) is 13.8. The standard InChI is InChI=1S/C18H10ClF3N4/c19-15-12(5-7-24-16(15)10-2-1-6-23-9-10)17-25-13-4-3-11(18(20,21)22)8-14(13)26-17/h1-9H,(H,25,26). The van der Waals surface area contributed by atoms with Gasteiger partial charge >= 0.3 is 6.18 Å². The van der Waals surface area contributed by atoms with Gasteiger partial charge in [0.05, 0.1) is 27.3 Å². The smallest absolute Gasteiger partial charge is 0.338 e. The Labute approximate surface area is 150 Å². The summed E-state index contributed by atoms with van der Waals surface area (Å²) >= 11 is 6.48. The van der Waals surface area contributed by atoms with Crippen molar-refractivity contribution >= 4 is 22.6 Å². The summed E-state index contributed by atoms with van der Waals surface area (Å²) < 4.78 is 38.6. The minimum Gasteiger partial charge on any atom is -0.338 e. The Morgan fingerprint density at radius 2 is 1.88 bits per heavy atom. The molecule has 8 heteroatoms. The van der Waals surface area contributed by atoms with E-state index in [0.717, 1.165) is 17.7 Å². The number of rotatable bonds is 2. The molecule has 0 radical (unpaired) electrons. The Kier molecular flexibility index (Phi) is 3.88. The van der Waals surface area contributed by atoms with Crippen molar-refractivity contribution in [3.63, 3.8) is 0 Å². The van der Waals surface area contributed by atoms with Crippen LogP contribution >= 0.6 is 11.6 Å². The number of H-pyrrole nitrogens is 1. The number of hydrogen-bond acceptors (Lipinski definition) is 3. The number of pyridine rings is 2. The highest BCUT2D eigenvalue weighted by Gasteiger charge is 2.30. The van der Waals surface area contributed by atoms with E-state index in [4.69, 9.17) is 11.6 Å². The molecule has 4 aromatic rings. The molecule has 0 aliphatic rings. The van der Waals surface area contributed by atoms with Crippen molar-refractivity contribution in [1.82, 2.24) is 19.9 Å². The normalized spacial score (nSPS) is 11.8. The minimum absolute atomic E-state index is 0.283. The van der Waals surface area contributed by atoms with Crippen LogP contribution in [0.1, 0.15) is 5.56 Å². The fourth-order valence-electron chi connectivity index (χ4n) is 2.64. The molecule has 0 bridgehead atoms. The molecule has 0 saturated carbocycles. The third-order valence-corrected chi connectivity index (χ3v) is 4.27. The number of nitrogens with zero attached hydrogens (tertiary/aromatic N) is 3. The number of fused-ring (bicyclic) bond motifs is 1. The van der Waals surface area contributed by atoms with Gasteiger partial charge in [-0.25, -0.2) is 4.98 Å². The molecule has 1 aromatic carbocycles. The maximum absolute atomic E-state index is 12.9. The molecule has 0 aliphatic heterocycles. The summed E-state index contributed by atoms with van der Waals surface area (Å²) in [5.41, 5.74) is 1.76. The average molecular weight is 375 g/mol. The Morgan fingerprint density at radius 1 is 1.04 bits per heavy atom. The van der Waals surface area contributed by atoms with E-state index in [9.17, 15) is 13.2 Å². The topological polar surface area (TPSA) is 54.5 Å². The molecule has 0 atom stereocenters. The lowest BCUT2D eigenvalue weighted by molar-refractivity contribution is -0.137. The SMILES string of the molecule is FC(F)(F)c1ccc2nc(-c3ccnc(-c4cccnc4)c3Cl)[nH]c2c1. The van der Waals surface area contributed by atoms with Gasteiger partial charge in [-0.15, -0.1) is 0 Å². The van der Waals surface area contributed by atoms with Crippen molar-refractivity contribution < 1.29 is 13.2 Å². The van der Waals surface area contributed by atoms with Crippen LogP contribution in [0.3, 0.4) is 0 Å². The summed E-state index contributed by atoms with van der Waals surface area (Å²) in [7, 11) is 0. The average Bonchev–Trinajstić information content (AvgIpc) is 3.05. The Bertz CT molecular complexity index is 1090. The van der Waals surface area contributed by atoms with Crippen molar-refractivity contribution in [2.45, 2.75) is 6.18 Å². The van der Waals surface area contributed by atoms with Gasteiger partial charge in [-0.2, -0.15) is 13.2 Å². The highest BCUT2D eigenvalue weighted by atomic mass is 35.5. The Morgan fingerprint density at radius 3 is 2.62 bits per heavy atom. The number of halogens is 4. The molecule has 0 unspecified atom stereocenters. The van der Waals surface area contributed by atoms with Crippen LogP contribution in [0.2, 0.25) is 5.02 Å². The maximum Gasteiger partial charge on any atom is 0.416 e. The van der Waals surface area contributed by atoms with Crippen LogP contribution in [-0.2, 0) is 6.18 Å². The van der Waals surface area contributed by atoms with Crippen LogP contribution in [0.5, 0.6) is 0 Å². The van der Waals surface area contributed by atoms with E-state index >= 15 is 0 Å². The van der Waals surface area contributed by atoms with Crippen molar-refractivity contribution in [1.29, 1.82) is 0 Å². The first-order valence-corrected chi connectivity index (χ1v) is 7.93. The highest BCUT2D eigenvalue weighted by Crippen LogP contribution is 2.35. The van der Waals surface area contributed by atoms with E-state index in [-0.39, 0.29) is 5.52 Å². The van der Waals surface area contributed by atoms with Crippen LogP contribution in [0, 0.1) is 0 Å². The lowest BCUT2D eigenvalue weighted by atomic mass is 10.1. The zero-order chi connectivity index (χ0) is 18.3. The second kappa shape index (κ2) is 6.10. The van der Waals surface area contributed by atoms with Crippen LogP contribution in [0.15, 0.2) is 55.0 Å². The lowest BCUT2D eigenvalue weighted by Gasteiger charge is -2.06. The maximum atomic E-state index is 12.9. The van der Waals surface area contributed by atoms with Gasteiger partial charge in [0.25, 0.3) is 0 Å². The number of imidazole rings is 1. The summed E-state index contributed by atoms with van der Waals surface area (Å²) in [6, 6.07) is 8.60. The monoisotopic (exact) mass is 374 g/mol. The summed E-state index contributed by atoms with van der Waals surface area (Å²) in [5, 5.41) is 0.343. The molecule has 130 valence electrons. The number of alkyl halides is 3. The number of nitrogens with one attached hydrogen (secondary N) is 1. The quantitative estimate of drug-likeness (QED) is 0.514. The number of hydrogen-bond donors (Lipinski definition) is 1. The molecule has 0 aliphatic carbocycles. The summed E-state index contributed by atoms with van der Waals surface area (Å²) in [5.74, 6) is 0.372. The third-order valence-electron chi connectivity index (χ3n) is 3.89. The fourth-order valence-corrected chi connectivity index (χ4v) is 2.95. The first-order valence-electron chi connectivity index (χ1n) is 7.56. The van der Waals surface area contributed by atoms with Crippen LogP contribution in [-0.4, -0.2) is 19.9 Å². The molecule has 4 nitrogen and oxygen atoms in total.